The smallest absolute Gasteiger partial charge is 0.268 e. The quantitative estimate of drug-likeness (QED) is 0.404. The third kappa shape index (κ3) is 6.61. The van der Waals surface area contributed by atoms with Crippen LogP contribution in [0.1, 0.15) is 43.1 Å². The number of hydrogen-bond acceptors (Lipinski definition) is 8. The highest BCUT2D eigenvalue weighted by Gasteiger charge is 2.39. The number of sulfonamides is 1. The summed E-state index contributed by atoms with van der Waals surface area (Å²) in [4.78, 5) is 20.0. The van der Waals surface area contributed by atoms with Crippen LogP contribution in [-0.4, -0.2) is 42.3 Å². The van der Waals surface area contributed by atoms with Crippen molar-refractivity contribution in [1.29, 1.82) is 0 Å². The average molecular weight is 500 g/mol. The predicted octanol–water partition coefficient (Wildman–Crippen LogP) is 2.24. The molecular weight excluding hydrogens is 466 g/mol. The van der Waals surface area contributed by atoms with Gasteiger partial charge in [-0.25, -0.2) is 18.1 Å². The van der Waals surface area contributed by atoms with Gasteiger partial charge in [-0.15, -0.1) is 0 Å². The van der Waals surface area contributed by atoms with E-state index in [0.717, 1.165) is 17.5 Å². The lowest BCUT2D eigenvalue weighted by Gasteiger charge is -2.33. The lowest BCUT2D eigenvalue weighted by molar-refractivity contribution is 0.0981. The molecule has 1 aromatic heterocycles. The van der Waals surface area contributed by atoms with Crippen LogP contribution in [0.25, 0.3) is 11.1 Å². The molecule has 1 fully saturated rings. The van der Waals surface area contributed by atoms with Gasteiger partial charge in [0.15, 0.2) is 0 Å². The van der Waals surface area contributed by atoms with Gasteiger partial charge in [-0.05, 0) is 49.5 Å². The van der Waals surface area contributed by atoms with E-state index in [4.69, 9.17) is 11.5 Å². The molecule has 1 unspecified atom stereocenters. The van der Waals surface area contributed by atoms with Crippen LogP contribution >= 0.6 is 0 Å². The molecule has 0 aliphatic carbocycles. The fourth-order valence-electron chi connectivity index (χ4n) is 4.36. The highest BCUT2D eigenvalue weighted by Crippen LogP contribution is 2.38. The molecule has 1 saturated heterocycles. The summed E-state index contributed by atoms with van der Waals surface area (Å²) in [6.45, 7) is 6.93. The topological polar surface area (TPSA) is 152 Å². The van der Waals surface area contributed by atoms with Gasteiger partial charge in [-0.3, -0.25) is 4.79 Å². The van der Waals surface area contributed by atoms with Gasteiger partial charge in [0, 0.05) is 23.8 Å². The number of nitrogens with zero attached hydrogens (tertiary/aromatic N) is 2. The number of aromatic nitrogens is 1. The van der Waals surface area contributed by atoms with Crippen LogP contribution in [0, 0.1) is 5.92 Å². The molecule has 35 heavy (non-hydrogen) atoms. The molecule has 1 aliphatic rings. The van der Waals surface area contributed by atoms with Gasteiger partial charge in [0.2, 0.25) is 10.0 Å². The van der Waals surface area contributed by atoms with E-state index in [0.29, 0.717) is 23.8 Å². The predicted molar refractivity (Wildman–Crippen MR) is 138 cm³/mol. The van der Waals surface area contributed by atoms with Crippen LogP contribution in [0.4, 0.5) is 5.82 Å². The van der Waals surface area contributed by atoms with E-state index in [1.165, 1.54) is 18.2 Å². The first-order valence-electron chi connectivity index (χ1n) is 11.3. The molecule has 10 heteroatoms. The van der Waals surface area contributed by atoms with Crippen LogP contribution in [0.5, 0.6) is 0 Å². The maximum atomic E-state index is 13.3. The summed E-state index contributed by atoms with van der Waals surface area (Å²) in [5.74, 6) is -0.286. The zero-order valence-corrected chi connectivity index (χ0v) is 21.0. The van der Waals surface area contributed by atoms with E-state index in [-0.39, 0.29) is 23.5 Å². The molecule has 0 spiro atoms. The van der Waals surface area contributed by atoms with Crippen LogP contribution < -0.4 is 21.1 Å². The Morgan fingerprint density at radius 2 is 1.94 bits per heavy atom. The van der Waals surface area contributed by atoms with Gasteiger partial charge in [0.1, 0.15) is 5.82 Å². The number of benzene rings is 1. The third-order valence-corrected chi connectivity index (χ3v) is 7.03. The lowest BCUT2D eigenvalue weighted by atomic mass is 9.97. The van der Waals surface area contributed by atoms with Crippen molar-refractivity contribution < 1.29 is 18.3 Å². The average Bonchev–Trinajstić information content (AvgIpc) is 3.07. The van der Waals surface area contributed by atoms with Crippen molar-refractivity contribution in [3.8, 4) is 11.1 Å². The van der Waals surface area contributed by atoms with Crippen molar-refractivity contribution in [2.24, 2.45) is 17.4 Å². The molecule has 1 amide bonds. The molecule has 188 valence electrons. The minimum atomic E-state index is -3.96. The Morgan fingerprint density at radius 3 is 2.51 bits per heavy atom. The number of anilines is 1. The first kappa shape index (κ1) is 26.2. The number of carbonyl (C=O) groups is 1. The molecule has 0 bridgehead atoms. The van der Waals surface area contributed by atoms with Gasteiger partial charge in [0.25, 0.3) is 5.91 Å². The largest absolute Gasteiger partial charge is 0.392 e. The normalized spacial score (nSPS) is 17.5. The zero-order valence-electron chi connectivity index (χ0n) is 20.2. The highest BCUT2D eigenvalue weighted by atomic mass is 32.2. The number of pyridine rings is 1. The first-order valence-corrected chi connectivity index (χ1v) is 13.0. The second kappa shape index (κ2) is 10.5. The molecule has 2 heterocycles. The van der Waals surface area contributed by atoms with Crippen molar-refractivity contribution in [1.82, 2.24) is 9.71 Å². The zero-order chi connectivity index (χ0) is 25.8. The van der Waals surface area contributed by atoms with Gasteiger partial charge < -0.3 is 21.5 Å². The number of nitrogens with two attached hydrogens (primary N) is 2. The third-order valence-electron chi connectivity index (χ3n) is 5.90. The Morgan fingerprint density at radius 1 is 1.26 bits per heavy atom. The number of amides is 1. The van der Waals surface area contributed by atoms with Crippen LogP contribution in [-0.2, 0) is 16.6 Å². The van der Waals surface area contributed by atoms with Gasteiger partial charge in [0.05, 0.1) is 23.7 Å². The fourth-order valence-corrected chi connectivity index (χ4v) is 5.20. The SMILES string of the molecule is CC1CN(c2ncc(-c3ccc(CO)cc3)cc2C(=O)NS(=O)(=O)C/C=C\C=C(N)N)C(C)(C)C1. The van der Waals surface area contributed by atoms with E-state index in [9.17, 15) is 18.3 Å². The highest BCUT2D eigenvalue weighted by molar-refractivity contribution is 7.90. The number of carbonyl (C=O) groups excluding carboxylic acids is 1. The Balaban J connectivity index is 1.99. The molecular formula is C25H33N5O4S. The van der Waals surface area contributed by atoms with Gasteiger partial charge in [-0.2, -0.15) is 0 Å². The summed E-state index contributed by atoms with van der Waals surface area (Å²) < 4.78 is 27.3. The Hall–Kier alpha value is -3.37. The summed E-state index contributed by atoms with van der Waals surface area (Å²) in [7, 11) is -3.96. The summed E-state index contributed by atoms with van der Waals surface area (Å²) in [5, 5.41) is 9.31. The summed E-state index contributed by atoms with van der Waals surface area (Å²) in [6, 6.07) is 8.88. The number of hydrogen-bond donors (Lipinski definition) is 4. The van der Waals surface area contributed by atoms with Crippen LogP contribution in [0.15, 0.2) is 60.6 Å². The van der Waals surface area contributed by atoms with Crippen molar-refractivity contribution in [2.75, 3.05) is 17.2 Å². The minimum absolute atomic E-state index is 0.0460. The molecule has 0 radical (unpaired) electrons. The summed E-state index contributed by atoms with van der Waals surface area (Å²) in [5.41, 5.74) is 12.8. The molecule has 9 nitrogen and oxygen atoms in total. The maximum absolute atomic E-state index is 13.3. The Kier molecular flexibility index (Phi) is 7.86. The van der Waals surface area contributed by atoms with Crippen molar-refractivity contribution >= 4 is 21.7 Å². The molecule has 1 aliphatic heterocycles. The second-order valence-electron chi connectivity index (χ2n) is 9.49. The fraction of sp³-hybridized carbons (Fsp3) is 0.360. The van der Waals surface area contributed by atoms with Crippen LogP contribution in [0.2, 0.25) is 0 Å². The molecule has 3 rings (SSSR count). The summed E-state index contributed by atoms with van der Waals surface area (Å²) in [6.07, 6.45) is 6.72. The molecule has 2 aromatic rings. The minimum Gasteiger partial charge on any atom is -0.392 e. The monoisotopic (exact) mass is 499 g/mol. The van der Waals surface area contributed by atoms with E-state index in [1.807, 2.05) is 12.1 Å². The number of nitrogens with one attached hydrogen (secondary N) is 1. The molecule has 6 N–H and O–H groups in total. The van der Waals surface area contributed by atoms with Crippen molar-refractivity contribution in [3.05, 3.63) is 71.7 Å². The first-order chi connectivity index (χ1) is 16.4. The molecule has 1 aromatic carbocycles. The Bertz CT molecular complexity index is 1230. The van der Waals surface area contributed by atoms with E-state index >= 15 is 0 Å². The van der Waals surface area contributed by atoms with Gasteiger partial charge >= 0.3 is 0 Å². The van der Waals surface area contributed by atoms with Crippen molar-refractivity contribution in [2.45, 2.75) is 39.3 Å². The standard InChI is InChI=1S/C25H33N5O4S/c1-17-13-25(2,3)30(15-17)23-21(24(32)29-35(33,34)11-5-4-6-22(26)27)12-20(14-28-23)19-9-7-18(16-31)8-10-19/h4-10,12,14,17,31H,11,13,15-16,26-27H2,1-3H3,(H,29,32)/b5-4-. The summed E-state index contributed by atoms with van der Waals surface area (Å²) >= 11 is 0. The molecule has 0 saturated carbocycles. The maximum Gasteiger partial charge on any atom is 0.268 e. The van der Waals surface area contributed by atoms with Crippen LogP contribution in [0.3, 0.4) is 0 Å². The number of aliphatic hydroxyl groups is 1. The number of rotatable bonds is 8. The van der Waals surface area contributed by atoms with E-state index in [2.05, 4.69) is 35.4 Å². The lowest BCUT2D eigenvalue weighted by Crippen LogP contribution is -2.41. The van der Waals surface area contributed by atoms with Gasteiger partial charge in [-0.1, -0.05) is 43.3 Å². The number of allylic oxidation sites excluding steroid dienone is 2. The Labute approximate surface area is 206 Å². The van der Waals surface area contributed by atoms with Crippen molar-refractivity contribution in [3.63, 3.8) is 0 Å². The number of aliphatic hydroxyl groups excluding tert-OH is 1. The molecule has 1 atom stereocenters. The second-order valence-corrected chi connectivity index (χ2v) is 11.3. The van der Waals surface area contributed by atoms with E-state index < -0.39 is 21.7 Å². The van der Waals surface area contributed by atoms with E-state index in [1.54, 1.807) is 24.4 Å².